The lowest BCUT2D eigenvalue weighted by molar-refractivity contribution is -0.192. The topological polar surface area (TPSA) is 150 Å². The molecule has 3 heterocycles. The van der Waals surface area contributed by atoms with Gasteiger partial charge in [0.1, 0.15) is 11.4 Å². The molecule has 1 aromatic heterocycles. The maximum Gasteiger partial charge on any atom is 0.490 e. The molecule has 2 aromatic carbocycles. The van der Waals surface area contributed by atoms with Gasteiger partial charge in [-0.2, -0.15) is 18.3 Å². The summed E-state index contributed by atoms with van der Waals surface area (Å²) >= 11 is 0. The van der Waals surface area contributed by atoms with Crippen LogP contribution < -0.4 is 4.74 Å². The molecule has 0 radical (unpaired) electrons. The molecule has 0 saturated carbocycles. The summed E-state index contributed by atoms with van der Waals surface area (Å²) in [6, 6.07) is 9.88. The normalized spacial score (nSPS) is 16.3. The number of carboxylic acids is 2. The van der Waals surface area contributed by atoms with Gasteiger partial charge in [0, 0.05) is 42.6 Å². The number of piperidine rings is 1. The lowest BCUT2D eigenvalue weighted by Crippen LogP contribution is -2.52. The van der Waals surface area contributed by atoms with Gasteiger partial charge in [0.15, 0.2) is 5.78 Å². The fourth-order valence-corrected chi connectivity index (χ4v) is 4.48. The summed E-state index contributed by atoms with van der Waals surface area (Å²) in [6.45, 7) is 2.89. The van der Waals surface area contributed by atoms with E-state index in [2.05, 4.69) is 10.2 Å². The maximum absolute atomic E-state index is 13.0. The summed E-state index contributed by atoms with van der Waals surface area (Å²) in [5.74, 6) is -3.60. The van der Waals surface area contributed by atoms with Crippen LogP contribution in [0.5, 0.6) is 5.75 Å². The fourth-order valence-electron chi connectivity index (χ4n) is 4.48. The monoisotopic (exact) mass is 533 g/mol. The molecule has 1 amide bonds. The smallest absolute Gasteiger partial charge is 0.486 e. The Morgan fingerprint density at radius 3 is 2.29 bits per heavy atom. The van der Waals surface area contributed by atoms with E-state index >= 15 is 0 Å². The summed E-state index contributed by atoms with van der Waals surface area (Å²) in [6.07, 6.45) is -3.83. The number of aromatic nitrogens is 2. The summed E-state index contributed by atoms with van der Waals surface area (Å²) in [5.41, 5.74) is 2.03. The number of alkyl halides is 3. The molecule has 1 spiro atoms. The molecule has 0 bridgehead atoms. The van der Waals surface area contributed by atoms with Gasteiger partial charge in [0.2, 0.25) is 0 Å². The number of carbonyl (C=O) groups excluding carboxylic acids is 2. The second-order valence-corrected chi connectivity index (χ2v) is 9.08. The van der Waals surface area contributed by atoms with E-state index in [1.54, 1.807) is 17.0 Å². The highest BCUT2D eigenvalue weighted by Gasteiger charge is 2.44. The molecule has 1 saturated heterocycles. The number of benzene rings is 2. The van der Waals surface area contributed by atoms with Crippen LogP contribution in [0.15, 0.2) is 36.4 Å². The first kappa shape index (κ1) is 26.6. The molecule has 200 valence electrons. The Balaban J connectivity index is 0.000000426. The molecule has 13 heteroatoms. The number of fused-ring (bicyclic) bond motifs is 2. The van der Waals surface area contributed by atoms with Crippen molar-refractivity contribution in [3.63, 3.8) is 0 Å². The summed E-state index contributed by atoms with van der Waals surface area (Å²) < 4.78 is 37.9. The van der Waals surface area contributed by atoms with Crippen molar-refractivity contribution < 1.29 is 47.3 Å². The third-order valence-electron chi connectivity index (χ3n) is 6.53. The highest BCUT2D eigenvalue weighted by atomic mass is 19.4. The lowest BCUT2D eigenvalue weighted by Gasteiger charge is -2.44. The number of aromatic amines is 1. The Morgan fingerprint density at radius 2 is 1.68 bits per heavy atom. The summed E-state index contributed by atoms with van der Waals surface area (Å²) in [7, 11) is 0. The predicted octanol–water partition coefficient (Wildman–Crippen LogP) is 3.84. The number of nitrogens with zero attached hydrogens (tertiary/aromatic N) is 2. The molecule has 5 rings (SSSR count). The second kappa shape index (κ2) is 9.80. The Hall–Kier alpha value is -4.42. The standard InChI is InChI=1S/C23H21N3O5.C2HF3O2/c1-13-16-4-2-14(11-18(16)25-24-13)21(28)26-8-6-23(7-9-26)12-19(27)17-10-15(22(29)30)3-5-20(17)31-23;3-2(4,5)1(6)7/h2-5,10-11H,6-9,12H2,1H3,(H,24,25)(H,29,30);(H,6,7). The molecule has 38 heavy (non-hydrogen) atoms. The first-order chi connectivity index (χ1) is 17.8. The Morgan fingerprint density at radius 1 is 1.05 bits per heavy atom. The number of Topliss-reactive ketones (excluding diaryl/α,β-unsaturated/α-hetero) is 1. The van der Waals surface area contributed by atoms with Gasteiger partial charge in [-0.25, -0.2) is 9.59 Å². The van der Waals surface area contributed by atoms with Crippen LogP contribution in [0.4, 0.5) is 13.2 Å². The van der Waals surface area contributed by atoms with Crippen molar-refractivity contribution in [2.75, 3.05) is 13.1 Å². The van der Waals surface area contributed by atoms with Crippen molar-refractivity contribution in [2.24, 2.45) is 0 Å². The molecular formula is C25H22F3N3O7. The van der Waals surface area contributed by atoms with Crippen LogP contribution in [0.1, 0.15) is 56.0 Å². The number of ketones is 1. The number of aryl methyl sites for hydroxylation is 1. The Kier molecular flexibility index (Phi) is 6.87. The first-order valence-corrected chi connectivity index (χ1v) is 11.4. The summed E-state index contributed by atoms with van der Waals surface area (Å²) in [4.78, 5) is 47.6. The Bertz CT molecular complexity index is 1440. The van der Waals surface area contributed by atoms with Crippen molar-refractivity contribution in [3.8, 4) is 5.75 Å². The van der Waals surface area contributed by atoms with E-state index in [0.29, 0.717) is 42.8 Å². The SMILES string of the molecule is Cc1[nH]nc2cc(C(=O)N3CCC4(CC3)CC(=O)c3cc(C(=O)O)ccc3O4)ccc12.O=C(O)C(F)(F)F. The van der Waals surface area contributed by atoms with Crippen molar-refractivity contribution in [2.45, 2.75) is 38.0 Å². The van der Waals surface area contributed by atoms with Crippen LogP contribution in [0, 0.1) is 6.92 Å². The average Bonchev–Trinajstić information content (AvgIpc) is 3.23. The minimum Gasteiger partial charge on any atom is -0.486 e. The number of aliphatic carboxylic acids is 1. The number of halogens is 3. The lowest BCUT2D eigenvalue weighted by atomic mass is 9.82. The number of hydrogen-bond acceptors (Lipinski definition) is 6. The van der Waals surface area contributed by atoms with Crippen LogP contribution in [0.3, 0.4) is 0 Å². The summed E-state index contributed by atoms with van der Waals surface area (Å²) in [5, 5.41) is 24.4. The van der Waals surface area contributed by atoms with Gasteiger partial charge in [-0.3, -0.25) is 14.7 Å². The average molecular weight is 533 g/mol. The number of ether oxygens (including phenoxy) is 1. The van der Waals surface area contributed by atoms with Crippen LogP contribution >= 0.6 is 0 Å². The minimum atomic E-state index is -5.08. The van der Waals surface area contributed by atoms with Crippen molar-refractivity contribution >= 4 is 34.5 Å². The van der Waals surface area contributed by atoms with Crippen molar-refractivity contribution in [1.82, 2.24) is 15.1 Å². The highest BCUT2D eigenvalue weighted by Crippen LogP contribution is 2.40. The number of rotatable bonds is 2. The number of aromatic carboxylic acids is 1. The number of amides is 1. The van der Waals surface area contributed by atoms with Crippen LogP contribution in [-0.2, 0) is 4.79 Å². The van der Waals surface area contributed by atoms with Gasteiger partial charge in [0.25, 0.3) is 5.91 Å². The molecule has 3 aromatic rings. The molecular weight excluding hydrogens is 511 g/mol. The largest absolute Gasteiger partial charge is 0.490 e. The number of H-pyrrole nitrogens is 1. The van der Waals surface area contributed by atoms with E-state index < -0.39 is 23.7 Å². The van der Waals surface area contributed by atoms with Crippen LogP contribution in [0.2, 0.25) is 0 Å². The minimum absolute atomic E-state index is 0.0639. The van der Waals surface area contributed by atoms with E-state index in [1.807, 2.05) is 19.1 Å². The van der Waals surface area contributed by atoms with Gasteiger partial charge < -0.3 is 19.8 Å². The third kappa shape index (κ3) is 5.31. The predicted molar refractivity (Wildman–Crippen MR) is 125 cm³/mol. The number of nitrogens with one attached hydrogen (secondary N) is 1. The van der Waals surface area contributed by atoms with Crippen LogP contribution in [0.25, 0.3) is 10.9 Å². The van der Waals surface area contributed by atoms with Gasteiger partial charge >= 0.3 is 18.1 Å². The van der Waals surface area contributed by atoms with E-state index in [-0.39, 0.29) is 23.7 Å². The zero-order valence-electron chi connectivity index (χ0n) is 20.0. The fraction of sp³-hybridized carbons (Fsp3) is 0.320. The molecule has 0 atom stereocenters. The number of hydrogen-bond donors (Lipinski definition) is 3. The zero-order valence-corrected chi connectivity index (χ0v) is 20.0. The zero-order chi connectivity index (χ0) is 27.8. The van der Waals surface area contributed by atoms with Gasteiger partial charge in [-0.1, -0.05) is 6.07 Å². The van der Waals surface area contributed by atoms with Gasteiger partial charge in [-0.05, 0) is 37.3 Å². The maximum atomic E-state index is 13.0. The molecule has 2 aliphatic rings. The van der Waals surface area contributed by atoms with Crippen LogP contribution in [-0.4, -0.2) is 73.8 Å². The Labute approximate surface area is 213 Å². The van der Waals surface area contributed by atoms with Crippen molar-refractivity contribution in [1.29, 1.82) is 0 Å². The van der Waals surface area contributed by atoms with E-state index in [9.17, 15) is 27.6 Å². The van der Waals surface area contributed by atoms with Gasteiger partial charge in [0.05, 0.1) is 23.1 Å². The highest BCUT2D eigenvalue weighted by molar-refractivity contribution is 6.03. The molecule has 10 nitrogen and oxygen atoms in total. The number of carbonyl (C=O) groups is 4. The number of likely N-dealkylation sites (tertiary alicyclic amines) is 1. The van der Waals surface area contributed by atoms with E-state index in [4.69, 9.17) is 19.7 Å². The molecule has 0 unspecified atom stereocenters. The second-order valence-electron chi connectivity index (χ2n) is 9.08. The third-order valence-corrected chi connectivity index (χ3v) is 6.53. The van der Waals surface area contributed by atoms with Crippen molar-refractivity contribution in [3.05, 3.63) is 58.8 Å². The molecule has 3 N–H and O–H groups in total. The molecule has 2 aliphatic heterocycles. The number of carboxylic acid groups (broad SMARTS) is 2. The molecule has 1 fully saturated rings. The first-order valence-electron chi connectivity index (χ1n) is 11.4. The quantitative estimate of drug-likeness (QED) is 0.450. The van der Waals surface area contributed by atoms with E-state index in [1.165, 1.54) is 12.1 Å². The van der Waals surface area contributed by atoms with E-state index in [0.717, 1.165) is 16.6 Å². The molecule has 0 aliphatic carbocycles. The van der Waals surface area contributed by atoms with Gasteiger partial charge in [-0.15, -0.1) is 0 Å².